The zero-order valence-electron chi connectivity index (χ0n) is 17.6. The maximum absolute atomic E-state index is 12.8. The Morgan fingerprint density at radius 3 is 2.66 bits per heavy atom. The Morgan fingerprint density at radius 1 is 1.16 bits per heavy atom. The van der Waals surface area contributed by atoms with Gasteiger partial charge in [0.2, 0.25) is 5.17 Å². The van der Waals surface area contributed by atoms with E-state index in [1.54, 1.807) is 6.08 Å². The van der Waals surface area contributed by atoms with Gasteiger partial charge in [-0.3, -0.25) is 10.2 Å². The van der Waals surface area contributed by atoms with Crippen LogP contribution in [-0.4, -0.2) is 31.5 Å². The second kappa shape index (κ2) is 8.07. The van der Waals surface area contributed by atoms with Crippen molar-refractivity contribution in [1.82, 2.24) is 9.58 Å². The van der Waals surface area contributed by atoms with E-state index in [4.69, 9.17) is 17.0 Å². The molecule has 8 heteroatoms. The van der Waals surface area contributed by atoms with Crippen molar-refractivity contribution in [3.8, 4) is 0 Å². The molecule has 160 valence electrons. The first-order chi connectivity index (χ1) is 15.5. The molecule has 1 N–H and O–H groups in total. The molecule has 0 atom stereocenters. The van der Waals surface area contributed by atoms with E-state index in [-0.39, 0.29) is 11.4 Å². The van der Waals surface area contributed by atoms with Crippen LogP contribution in [0.3, 0.4) is 0 Å². The van der Waals surface area contributed by atoms with Gasteiger partial charge in [-0.05, 0) is 54.9 Å². The predicted octanol–water partition coefficient (Wildman–Crippen LogP) is 5.68. The topological polar surface area (TPSA) is 73.8 Å². The standard InChI is InChI=1S/C24H20ClN5OS/c1-3-21-28-30-22(26)19(23(31)27-24(30)32-21)12-18-14(2)29(20-7-5-4-6-17(18)20)13-15-8-10-16(25)11-9-15/h4-12,26H,3,13H2,1-2H3. The van der Waals surface area contributed by atoms with Gasteiger partial charge in [0.15, 0.2) is 5.84 Å². The van der Waals surface area contributed by atoms with Gasteiger partial charge in [0.25, 0.3) is 5.91 Å². The third-order valence-corrected chi connectivity index (χ3v) is 6.93. The number of carbonyl (C=O) groups is 1. The molecule has 0 spiro atoms. The summed E-state index contributed by atoms with van der Waals surface area (Å²) < 4.78 is 2.22. The number of thioether (sulfide) groups is 1. The maximum Gasteiger partial charge on any atom is 0.283 e. The van der Waals surface area contributed by atoms with Crippen molar-refractivity contribution in [3.63, 3.8) is 0 Å². The number of fused-ring (bicyclic) bond motifs is 2. The second-order valence-electron chi connectivity index (χ2n) is 7.60. The van der Waals surface area contributed by atoms with Gasteiger partial charge in [-0.1, -0.05) is 48.9 Å². The average Bonchev–Trinajstić information content (AvgIpc) is 3.32. The molecule has 6 nitrogen and oxygen atoms in total. The van der Waals surface area contributed by atoms with Gasteiger partial charge in [-0.25, -0.2) is 0 Å². The fourth-order valence-electron chi connectivity index (χ4n) is 3.94. The van der Waals surface area contributed by atoms with Crippen LogP contribution < -0.4 is 0 Å². The molecule has 2 aromatic carbocycles. The number of benzene rings is 2. The molecule has 0 aliphatic carbocycles. The third kappa shape index (κ3) is 3.47. The highest BCUT2D eigenvalue weighted by Crippen LogP contribution is 2.32. The summed E-state index contributed by atoms with van der Waals surface area (Å²) in [5, 5.41) is 17.5. The Hall–Kier alpha value is -3.16. The minimum Gasteiger partial charge on any atom is -0.340 e. The molecule has 0 unspecified atom stereocenters. The van der Waals surface area contributed by atoms with E-state index in [1.165, 1.54) is 16.8 Å². The number of amides is 1. The van der Waals surface area contributed by atoms with Crippen LogP contribution in [0, 0.1) is 12.3 Å². The first-order valence-electron chi connectivity index (χ1n) is 10.3. The van der Waals surface area contributed by atoms with Crippen molar-refractivity contribution in [2.75, 3.05) is 0 Å². The molecule has 0 saturated carbocycles. The number of aliphatic imine (C=N–C) groups is 1. The van der Waals surface area contributed by atoms with Crippen molar-refractivity contribution in [2.24, 2.45) is 10.1 Å². The van der Waals surface area contributed by atoms with E-state index in [0.29, 0.717) is 16.7 Å². The number of aromatic nitrogens is 1. The summed E-state index contributed by atoms with van der Waals surface area (Å²) >= 11 is 7.39. The fourth-order valence-corrected chi connectivity index (χ4v) is 4.89. The summed E-state index contributed by atoms with van der Waals surface area (Å²) in [5.41, 5.74) is 4.36. The van der Waals surface area contributed by atoms with Gasteiger partial charge in [0.05, 0.1) is 5.57 Å². The minimum atomic E-state index is -0.407. The summed E-state index contributed by atoms with van der Waals surface area (Å²) in [6.07, 6.45) is 2.52. The van der Waals surface area contributed by atoms with Crippen molar-refractivity contribution in [3.05, 3.63) is 75.9 Å². The molecule has 2 aliphatic rings. The lowest BCUT2D eigenvalue weighted by atomic mass is 10.1. The van der Waals surface area contributed by atoms with Gasteiger partial charge < -0.3 is 4.57 Å². The zero-order valence-corrected chi connectivity index (χ0v) is 19.2. The monoisotopic (exact) mass is 461 g/mol. The molecule has 5 rings (SSSR count). The molecule has 3 heterocycles. The van der Waals surface area contributed by atoms with E-state index < -0.39 is 5.91 Å². The average molecular weight is 462 g/mol. The van der Waals surface area contributed by atoms with Crippen LogP contribution in [0.1, 0.15) is 30.2 Å². The molecule has 0 saturated heterocycles. The van der Waals surface area contributed by atoms with E-state index in [0.717, 1.165) is 39.2 Å². The quantitative estimate of drug-likeness (QED) is 0.508. The van der Waals surface area contributed by atoms with Crippen molar-refractivity contribution >= 4 is 62.3 Å². The Bertz CT molecular complexity index is 1370. The number of nitrogens with zero attached hydrogens (tertiary/aromatic N) is 4. The number of rotatable bonds is 4. The molecule has 2 aliphatic heterocycles. The highest BCUT2D eigenvalue weighted by atomic mass is 35.5. The highest BCUT2D eigenvalue weighted by Gasteiger charge is 2.35. The van der Waals surface area contributed by atoms with E-state index in [2.05, 4.69) is 20.7 Å². The number of hydrogen-bond acceptors (Lipinski definition) is 4. The lowest BCUT2D eigenvalue weighted by Crippen LogP contribution is -2.35. The highest BCUT2D eigenvalue weighted by molar-refractivity contribution is 8.26. The first-order valence-corrected chi connectivity index (χ1v) is 11.5. The molecular formula is C24H20ClN5OS. The summed E-state index contributed by atoms with van der Waals surface area (Å²) in [6, 6.07) is 15.9. The van der Waals surface area contributed by atoms with Crippen LogP contribution in [0.4, 0.5) is 0 Å². The smallest absolute Gasteiger partial charge is 0.283 e. The normalized spacial score (nSPS) is 17.2. The summed E-state index contributed by atoms with van der Waals surface area (Å²) in [6.45, 7) is 4.70. The van der Waals surface area contributed by atoms with Gasteiger partial charge in [-0.2, -0.15) is 15.1 Å². The van der Waals surface area contributed by atoms with Gasteiger partial charge in [0, 0.05) is 33.7 Å². The number of hydrazone groups is 1. The van der Waals surface area contributed by atoms with Crippen molar-refractivity contribution < 1.29 is 4.79 Å². The Morgan fingerprint density at radius 2 is 1.91 bits per heavy atom. The van der Waals surface area contributed by atoms with Crippen LogP contribution in [0.25, 0.3) is 17.0 Å². The maximum atomic E-state index is 12.8. The van der Waals surface area contributed by atoms with Crippen LogP contribution >= 0.6 is 23.4 Å². The predicted molar refractivity (Wildman–Crippen MR) is 133 cm³/mol. The largest absolute Gasteiger partial charge is 0.340 e. The van der Waals surface area contributed by atoms with Crippen LogP contribution in [0.15, 0.2) is 64.2 Å². The van der Waals surface area contributed by atoms with E-state index in [9.17, 15) is 4.79 Å². The Labute approximate surface area is 194 Å². The molecule has 0 bridgehead atoms. The molecule has 1 amide bonds. The number of hydrogen-bond donors (Lipinski definition) is 1. The third-order valence-electron chi connectivity index (χ3n) is 5.62. The van der Waals surface area contributed by atoms with Gasteiger partial charge in [-0.15, -0.1) is 0 Å². The molecule has 32 heavy (non-hydrogen) atoms. The summed E-state index contributed by atoms with van der Waals surface area (Å²) in [4.78, 5) is 17.0. The Balaban J connectivity index is 1.61. The molecule has 0 radical (unpaired) electrons. The number of carbonyl (C=O) groups excluding carboxylic acids is 1. The first kappa shape index (κ1) is 20.7. The van der Waals surface area contributed by atoms with Crippen molar-refractivity contribution in [1.29, 1.82) is 5.41 Å². The lowest BCUT2D eigenvalue weighted by molar-refractivity contribution is -0.114. The Kier molecular flexibility index (Phi) is 5.23. The molecular weight excluding hydrogens is 442 g/mol. The SMILES string of the molecule is CCC1=NN2C(=N)C(=Cc3c(C)n(Cc4ccc(Cl)cc4)c4ccccc34)C(=O)N=C2S1. The molecule has 3 aromatic rings. The second-order valence-corrected chi connectivity index (χ2v) is 9.07. The van der Waals surface area contributed by atoms with Crippen LogP contribution in [0.2, 0.25) is 5.02 Å². The number of amidine groups is 2. The van der Waals surface area contributed by atoms with Crippen molar-refractivity contribution in [2.45, 2.75) is 26.8 Å². The van der Waals surface area contributed by atoms with Crippen LogP contribution in [0.5, 0.6) is 0 Å². The van der Waals surface area contributed by atoms with Crippen LogP contribution in [-0.2, 0) is 11.3 Å². The minimum absolute atomic E-state index is 0.0601. The number of para-hydroxylation sites is 1. The van der Waals surface area contributed by atoms with E-state index in [1.807, 2.05) is 56.3 Å². The van der Waals surface area contributed by atoms with E-state index >= 15 is 0 Å². The molecule has 0 fully saturated rings. The summed E-state index contributed by atoms with van der Waals surface area (Å²) in [5.74, 6) is -0.347. The lowest BCUT2D eigenvalue weighted by Gasteiger charge is -2.20. The summed E-state index contributed by atoms with van der Waals surface area (Å²) in [7, 11) is 0. The zero-order chi connectivity index (χ0) is 22.4. The number of halogens is 1. The number of nitrogens with one attached hydrogen (secondary N) is 1. The van der Waals surface area contributed by atoms with Gasteiger partial charge >= 0.3 is 0 Å². The van der Waals surface area contributed by atoms with Gasteiger partial charge in [0.1, 0.15) is 5.04 Å². The molecule has 1 aromatic heterocycles. The fraction of sp³-hybridized carbons (Fsp3) is 0.167.